The first-order valence-electron chi connectivity index (χ1n) is 20.4. The van der Waals surface area contributed by atoms with E-state index in [-0.39, 0.29) is 23.5 Å². The number of nitrogens with one attached hydrogen (secondary N) is 4. The summed E-state index contributed by atoms with van der Waals surface area (Å²) in [7, 11) is 15.1. The van der Waals surface area contributed by atoms with E-state index in [9.17, 15) is 9.59 Å². The van der Waals surface area contributed by atoms with Crippen LogP contribution in [0.2, 0.25) is 0 Å². The Morgan fingerprint density at radius 3 is 2.13 bits per heavy atom. The highest BCUT2D eigenvalue weighted by molar-refractivity contribution is 9.15. The summed E-state index contributed by atoms with van der Waals surface area (Å²) in [5.74, 6) is 0.464. The molecule has 5 heterocycles. The first-order chi connectivity index (χ1) is 25.8. The average molecular weight is 816 g/mol. The maximum Gasteiger partial charge on any atom is 0.222 e. The predicted octanol–water partition coefficient (Wildman–Crippen LogP) is 6.57. The van der Waals surface area contributed by atoms with Gasteiger partial charge in [0.25, 0.3) is 0 Å². The van der Waals surface area contributed by atoms with Gasteiger partial charge in [-0.2, -0.15) is 0 Å². The minimum absolute atomic E-state index is 0.0299. The second-order valence-electron chi connectivity index (χ2n) is 18.0. The fourth-order valence-electron chi connectivity index (χ4n) is 9.15. The van der Waals surface area contributed by atoms with Crippen LogP contribution in [0.15, 0.2) is 11.4 Å². The van der Waals surface area contributed by atoms with E-state index in [1.54, 1.807) is 0 Å². The maximum atomic E-state index is 14.2. The van der Waals surface area contributed by atoms with Crippen molar-refractivity contribution in [2.24, 2.45) is 11.8 Å². The Morgan fingerprint density at radius 1 is 0.855 bits per heavy atom. The third-order valence-electron chi connectivity index (χ3n) is 12.3. The summed E-state index contributed by atoms with van der Waals surface area (Å²) in [4.78, 5) is 41.5. The number of quaternary nitrogens is 2. The summed E-state index contributed by atoms with van der Waals surface area (Å²) in [6.07, 6.45) is 9.60. The first kappa shape index (κ1) is 41.0. The number of hydrogen-bond donors (Lipinski definition) is 4. The van der Waals surface area contributed by atoms with Crippen LogP contribution in [-0.2, 0) is 17.6 Å². The summed E-state index contributed by atoms with van der Waals surface area (Å²) in [5, 5.41) is 6.06. The minimum Gasteiger partial charge on any atom is -0.462 e. The number of allylic oxidation sites excluding steroid dienone is 3. The fourth-order valence-corrected chi connectivity index (χ4v) is 10.0. The molecule has 1 fully saturated rings. The number of ketones is 1. The highest BCUT2D eigenvalue weighted by Gasteiger charge is 2.41. The molecular formula is C45H65BrN7O2+. The summed E-state index contributed by atoms with van der Waals surface area (Å²) in [5.41, 5.74) is 14.0. The zero-order valence-corrected chi connectivity index (χ0v) is 36.9. The molecule has 0 aromatic carbocycles. The summed E-state index contributed by atoms with van der Waals surface area (Å²) >= 11 is 4.10. The molecule has 9 nitrogen and oxygen atoms in total. The van der Waals surface area contributed by atoms with Crippen LogP contribution in [0.3, 0.4) is 0 Å². The van der Waals surface area contributed by atoms with E-state index in [0.29, 0.717) is 23.7 Å². The van der Waals surface area contributed by atoms with Crippen molar-refractivity contribution in [1.82, 2.24) is 25.2 Å². The summed E-state index contributed by atoms with van der Waals surface area (Å²) in [6.45, 7) is 16.6. The number of carbonyl (C=O) groups excluding carboxylic acids is 2. The van der Waals surface area contributed by atoms with Crippen molar-refractivity contribution in [3.8, 4) is 0 Å². The van der Waals surface area contributed by atoms with Crippen LogP contribution in [0.1, 0.15) is 114 Å². The van der Waals surface area contributed by atoms with Gasteiger partial charge in [-0.1, -0.05) is 20.8 Å². The lowest BCUT2D eigenvalue weighted by molar-refractivity contribution is -0.870. The van der Waals surface area contributed by atoms with Gasteiger partial charge in [0, 0.05) is 109 Å². The molecule has 3 aliphatic rings. The van der Waals surface area contributed by atoms with Crippen LogP contribution < -0.4 is 16.0 Å². The number of nitrogens with zero attached hydrogens (tertiary/aromatic N) is 3. The average Bonchev–Trinajstić information content (AvgIpc) is 3.86. The normalized spacial score (nSPS) is 18.2. The van der Waals surface area contributed by atoms with Gasteiger partial charge in [0.1, 0.15) is 0 Å². The molecule has 3 aromatic rings. The number of carbonyl (C=O) groups is 2. The number of H-pyrrole nitrogens is 3. The quantitative estimate of drug-likeness (QED) is 0.116. The number of Topliss-reactive ketones (excluding diaryl/α,β-unsaturated/α-hetero) is 1. The predicted molar refractivity (Wildman–Crippen MR) is 230 cm³/mol. The van der Waals surface area contributed by atoms with Crippen molar-refractivity contribution in [2.75, 3.05) is 61.4 Å². The van der Waals surface area contributed by atoms with Gasteiger partial charge in [-0.25, -0.2) is 0 Å². The third-order valence-corrected chi connectivity index (χ3v) is 13.1. The Bertz CT molecular complexity index is 2160. The van der Waals surface area contributed by atoms with Crippen molar-refractivity contribution in [3.05, 3.63) is 85.3 Å². The Balaban J connectivity index is 1.45. The Kier molecular flexibility index (Phi) is 11.7. The van der Waals surface area contributed by atoms with Crippen LogP contribution in [0.25, 0.3) is 22.2 Å². The van der Waals surface area contributed by atoms with E-state index in [0.717, 1.165) is 122 Å². The Hall–Kier alpha value is -3.60. The molecule has 6 rings (SSSR count). The van der Waals surface area contributed by atoms with E-state index in [1.165, 1.54) is 22.3 Å². The largest absolute Gasteiger partial charge is 0.462 e. The lowest BCUT2D eigenvalue weighted by Crippen LogP contribution is -2.40. The number of hydrogen-bond acceptors (Lipinski definition) is 3. The molecule has 0 spiro atoms. The number of fused-ring (bicyclic) bond motifs is 7. The number of halogens is 1. The van der Waals surface area contributed by atoms with Gasteiger partial charge in [0.05, 0.1) is 50.1 Å². The molecular weight excluding hydrogens is 750 g/mol. The molecule has 2 aliphatic heterocycles. The molecule has 1 saturated heterocycles. The second kappa shape index (κ2) is 15.7. The molecule has 298 valence electrons. The van der Waals surface area contributed by atoms with Gasteiger partial charge < -0.3 is 34.1 Å². The lowest BCUT2D eigenvalue weighted by Gasteiger charge is -2.34. The number of amides is 1. The maximum absolute atomic E-state index is 14.2. The van der Waals surface area contributed by atoms with Gasteiger partial charge in [-0.05, 0) is 95.9 Å². The van der Waals surface area contributed by atoms with Crippen molar-refractivity contribution in [1.29, 1.82) is 0 Å². The SMILES string of the molecule is [CH2-][N+](C)(C)CCCN(CCC[N+](C)(C)C)C(=O)CC[C@@H]1C2=C3CC(=O)c4c3[nH]c(c4C)C=c3[nH]c(c(C)c3CC)=Cc3[nH]c(c(C)c3CC)C(Br)=C(N2)[C@H]1C. The van der Waals surface area contributed by atoms with Gasteiger partial charge in [0.2, 0.25) is 5.91 Å². The molecule has 10 heteroatoms. The van der Waals surface area contributed by atoms with Crippen LogP contribution in [0.5, 0.6) is 0 Å². The highest BCUT2D eigenvalue weighted by Crippen LogP contribution is 2.47. The lowest BCUT2D eigenvalue weighted by atomic mass is 9.86. The standard InChI is InChI=1S/C45H64BrN7O2/c1-13-30-26(3)34-24-37-31(14-2)27(4)42(49-37)41(46)43-28(5)32(17-18-39(55)51(19-15-21-52(7,8)9)20-16-22-53(10,11)12)44(50-43)33-23-38(54)40-29(6)35(48-45(33)40)25-36(30)47-34/h24-25,28,32,47,49H,7,13-23H2,1-6,8-12H3,(H-,48,50,54)/p+1/t28-,32-/m0/s1. The Labute approximate surface area is 337 Å². The van der Waals surface area contributed by atoms with E-state index in [4.69, 9.17) is 0 Å². The monoisotopic (exact) mass is 814 g/mol. The van der Waals surface area contributed by atoms with E-state index in [1.807, 2.05) is 0 Å². The van der Waals surface area contributed by atoms with Crippen molar-refractivity contribution in [2.45, 2.75) is 86.5 Å². The smallest absolute Gasteiger partial charge is 0.222 e. The van der Waals surface area contributed by atoms with E-state index in [2.05, 4.69) is 137 Å². The van der Waals surface area contributed by atoms with Gasteiger partial charge >= 0.3 is 0 Å². The molecule has 1 amide bonds. The van der Waals surface area contributed by atoms with Crippen molar-refractivity contribution >= 4 is 49.8 Å². The molecule has 8 bridgehead atoms. The van der Waals surface area contributed by atoms with Crippen LogP contribution in [-0.4, -0.2) is 102 Å². The summed E-state index contributed by atoms with van der Waals surface area (Å²) < 4.78 is 2.51. The minimum atomic E-state index is 0.0299. The van der Waals surface area contributed by atoms with Crippen LogP contribution >= 0.6 is 15.9 Å². The van der Waals surface area contributed by atoms with E-state index >= 15 is 0 Å². The molecule has 1 aliphatic carbocycles. The molecule has 2 atom stereocenters. The fraction of sp³-hybridized carbons (Fsp3) is 0.533. The highest BCUT2D eigenvalue weighted by atomic mass is 79.9. The molecule has 0 saturated carbocycles. The van der Waals surface area contributed by atoms with Crippen molar-refractivity contribution in [3.63, 3.8) is 0 Å². The number of aromatic amines is 3. The zero-order chi connectivity index (χ0) is 40.1. The van der Waals surface area contributed by atoms with Gasteiger partial charge in [-0.3, -0.25) is 9.59 Å². The molecule has 55 heavy (non-hydrogen) atoms. The topological polar surface area (TPSA) is 96.8 Å². The molecule has 0 unspecified atom stereocenters. The second-order valence-corrected chi connectivity index (χ2v) is 18.8. The molecule has 4 N–H and O–H groups in total. The first-order valence-corrected chi connectivity index (χ1v) is 21.2. The molecule has 3 aromatic heterocycles. The summed E-state index contributed by atoms with van der Waals surface area (Å²) in [6, 6.07) is 0. The molecule has 0 radical (unpaired) electrons. The van der Waals surface area contributed by atoms with E-state index < -0.39 is 0 Å². The Morgan fingerprint density at radius 2 is 1.49 bits per heavy atom. The van der Waals surface area contributed by atoms with Crippen LogP contribution in [0, 0.1) is 39.7 Å². The van der Waals surface area contributed by atoms with Crippen LogP contribution in [0.4, 0.5) is 0 Å². The van der Waals surface area contributed by atoms with Gasteiger partial charge in [0.15, 0.2) is 5.78 Å². The zero-order valence-electron chi connectivity index (χ0n) is 35.3. The van der Waals surface area contributed by atoms with Crippen molar-refractivity contribution < 1.29 is 18.6 Å². The third kappa shape index (κ3) is 8.28. The number of aromatic nitrogens is 3. The number of rotatable bonds is 13. The van der Waals surface area contributed by atoms with Gasteiger partial charge in [-0.15, -0.1) is 7.05 Å².